The van der Waals surface area contributed by atoms with Crippen LogP contribution in [0.3, 0.4) is 0 Å². The molecular weight excluding hydrogens is 328 g/mol. The number of H-pyrrole nitrogens is 1. The average Bonchev–Trinajstić information content (AvgIpc) is 3.05. The lowest BCUT2D eigenvalue weighted by Crippen LogP contribution is -2.12. The van der Waals surface area contributed by atoms with Crippen molar-refractivity contribution in [3.8, 4) is 0 Å². The van der Waals surface area contributed by atoms with Gasteiger partial charge >= 0.3 is 5.97 Å². The predicted octanol–water partition coefficient (Wildman–Crippen LogP) is 3.28. The largest absolute Gasteiger partial charge is 0.462 e. The van der Waals surface area contributed by atoms with E-state index in [9.17, 15) is 4.79 Å². The normalized spacial score (nSPS) is 10.7. The molecule has 3 rings (SSSR count). The highest BCUT2D eigenvalue weighted by atomic mass is 16.5. The van der Waals surface area contributed by atoms with Crippen molar-refractivity contribution in [3.63, 3.8) is 0 Å². The zero-order chi connectivity index (χ0) is 18.5. The highest BCUT2D eigenvalue weighted by Crippen LogP contribution is 2.21. The molecule has 0 saturated carbocycles. The van der Waals surface area contributed by atoms with Crippen molar-refractivity contribution in [1.82, 2.24) is 4.98 Å². The number of nitrogens with one attached hydrogen (secondary N) is 3. The number of nitrogens with two attached hydrogens (primary N) is 1. The average molecular weight is 350 g/mol. The second-order valence-electron chi connectivity index (χ2n) is 5.91. The molecule has 26 heavy (non-hydrogen) atoms. The third-order valence-electron chi connectivity index (χ3n) is 4.14. The van der Waals surface area contributed by atoms with E-state index in [2.05, 4.69) is 10.3 Å². The Morgan fingerprint density at radius 1 is 1.19 bits per heavy atom. The fraction of sp³-hybridized carbons (Fsp3) is 0.200. The molecule has 1 aromatic heterocycles. The van der Waals surface area contributed by atoms with Crippen LogP contribution in [0.5, 0.6) is 0 Å². The number of carbonyl (C=O) groups excluding carboxylic acids is 1. The molecule has 0 atom stereocenters. The second kappa shape index (κ2) is 7.84. The maximum absolute atomic E-state index is 11.7. The SMILES string of the molecule is CCOC(=O)c1ccc(NC(=N)c2ccc3[nH]cc(CCN)c3c2)cc1. The van der Waals surface area contributed by atoms with Gasteiger partial charge in [-0.3, -0.25) is 5.41 Å². The van der Waals surface area contributed by atoms with Crippen molar-refractivity contribution < 1.29 is 9.53 Å². The number of hydrogen-bond donors (Lipinski definition) is 4. The predicted molar refractivity (Wildman–Crippen MR) is 104 cm³/mol. The number of esters is 1. The van der Waals surface area contributed by atoms with Gasteiger partial charge in [0, 0.05) is 28.4 Å². The van der Waals surface area contributed by atoms with Gasteiger partial charge in [0.2, 0.25) is 0 Å². The number of anilines is 1. The molecule has 5 N–H and O–H groups in total. The first kappa shape index (κ1) is 17.7. The van der Waals surface area contributed by atoms with Crippen LogP contribution >= 0.6 is 0 Å². The van der Waals surface area contributed by atoms with Gasteiger partial charge in [0.1, 0.15) is 5.84 Å². The Hall–Kier alpha value is -3.12. The molecule has 0 aliphatic rings. The maximum Gasteiger partial charge on any atom is 0.338 e. The van der Waals surface area contributed by atoms with E-state index < -0.39 is 0 Å². The molecule has 0 bridgehead atoms. The number of carbonyl (C=O) groups is 1. The summed E-state index contributed by atoms with van der Waals surface area (Å²) in [6.45, 7) is 2.70. The third-order valence-corrected chi connectivity index (χ3v) is 4.14. The summed E-state index contributed by atoms with van der Waals surface area (Å²) in [6, 6.07) is 12.7. The lowest BCUT2D eigenvalue weighted by molar-refractivity contribution is 0.0526. The summed E-state index contributed by atoms with van der Waals surface area (Å²) in [5.74, 6) is -0.0600. The summed E-state index contributed by atoms with van der Waals surface area (Å²) in [5, 5.41) is 12.5. The van der Waals surface area contributed by atoms with E-state index in [1.54, 1.807) is 31.2 Å². The van der Waals surface area contributed by atoms with Crippen molar-refractivity contribution in [1.29, 1.82) is 5.41 Å². The molecule has 2 aromatic carbocycles. The lowest BCUT2D eigenvalue weighted by atomic mass is 10.1. The second-order valence-corrected chi connectivity index (χ2v) is 5.91. The van der Waals surface area contributed by atoms with Gasteiger partial charge in [-0.15, -0.1) is 0 Å². The molecule has 0 amide bonds. The standard InChI is InChI=1S/C20H22N4O2/c1-2-26-20(25)13-3-6-16(7-4-13)24-19(22)14-5-8-18-17(11-14)15(9-10-21)12-23-18/h3-8,11-12,23H,2,9-10,21H2,1H3,(H2,22,24). The summed E-state index contributed by atoms with van der Waals surface area (Å²) in [4.78, 5) is 14.9. The number of ether oxygens (including phenoxy) is 1. The van der Waals surface area contributed by atoms with E-state index in [4.69, 9.17) is 15.9 Å². The van der Waals surface area contributed by atoms with Crippen LogP contribution in [0.2, 0.25) is 0 Å². The summed E-state index contributed by atoms with van der Waals surface area (Å²) < 4.78 is 4.97. The Morgan fingerprint density at radius 2 is 1.92 bits per heavy atom. The summed E-state index contributed by atoms with van der Waals surface area (Å²) >= 11 is 0. The van der Waals surface area contributed by atoms with Crippen molar-refractivity contribution in [2.75, 3.05) is 18.5 Å². The Balaban J connectivity index is 1.76. The van der Waals surface area contributed by atoms with Gasteiger partial charge in [-0.2, -0.15) is 0 Å². The molecule has 1 heterocycles. The summed E-state index contributed by atoms with van der Waals surface area (Å²) in [6.07, 6.45) is 2.76. The van der Waals surface area contributed by atoms with Gasteiger partial charge in [0.25, 0.3) is 0 Å². The molecule has 0 aliphatic heterocycles. The first-order chi connectivity index (χ1) is 12.6. The molecule has 0 unspecified atom stereocenters. The minimum atomic E-state index is -0.348. The molecule has 0 aliphatic carbocycles. The molecule has 134 valence electrons. The van der Waals surface area contributed by atoms with Crippen LogP contribution in [0, 0.1) is 5.41 Å². The smallest absolute Gasteiger partial charge is 0.338 e. The lowest BCUT2D eigenvalue weighted by Gasteiger charge is -2.09. The first-order valence-corrected chi connectivity index (χ1v) is 8.55. The van der Waals surface area contributed by atoms with Gasteiger partial charge in [-0.25, -0.2) is 4.79 Å². The molecule has 0 radical (unpaired) electrons. The zero-order valence-corrected chi connectivity index (χ0v) is 14.6. The Kier molecular flexibility index (Phi) is 5.34. The number of hydrogen-bond acceptors (Lipinski definition) is 4. The summed E-state index contributed by atoms with van der Waals surface area (Å²) in [5.41, 5.74) is 9.85. The monoisotopic (exact) mass is 350 g/mol. The Labute approximate surface area is 151 Å². The fourth-order valence-electron chi connectivity index (χ4n) is 2.82. The number of rotatable bonds is 6. The van der Waals surface area contributed by atoms with Crippen LogP contribution in [0.15, 0.2) is 48.7 Å². The minimum absolute atomic E-state index is 0.288. The van der Waals surface area contributed by atoms with Gasteiger partial charge in [-0.1, -0.05) is 0 Å². The molecule has 0 fully saturated rings. The van der Waals surface area contributed by atoms with Crippen molar-refractivity contribution >= 4 is 28.4 Å². The topological polar surface area (TPSA) is 104 Å². The van der Waals surface area contributed by atoms with Crippen LogP contribution in [0.1, 0.15) is 28.4 Å². The van der Waals surface area contributed by atoms with Crippen molar-refractivity contribution in [3.05, 3.63) is 65.4 Å². The highest BCUT2D eigenvalue weighted by Gasteiger charge is 2.09. The van der Waals surface area contributed by atoms with Gasteiger partial charge in [0.05, 0.1) is 12.2 Å². The molecule has 3 aromatic rings. The van der Waals surface area contributed by atoms with Crippen molar-refractivity contribution in [2.45, 2.75) is 13.3 Å². The van der Waals surface area contributed by atoms with Crippen molar-refractivity contribution in [2.24, 2.45) is 5.73 Å². The zero-order valence-electron chi connectivity index (χ0n) is 14.6. The Bertz CT molecular complexity index is 929. The third kappa shape index (κ3) is 3.75. The van der Waals surface area contributed by atoms with E-state index >= 15 is 0 Å². The molecule has 6 nitrogen and oxygen atoms in total. The molecular formula is C20H22N4O2. The molecule has 6 heteroatoms. The number of aromatic amines is 1. The highest BCUT2D eigenvalue weighted by molar-refractivity contribution is 6.08. The van der Waals surface area contributed by atoms with Crippen LogP contribution in [-0.2, 0) is 11.2 Å². The van der Waals surface area contributed by atoms with Crippen LogP contribution in [-0.4, -0.2) is 29.9 Å². The van der Waals surface area contributed by atoms with Gasteiger partial charge < -0.3 is 20.8 Å². The fourth-order valence-corrected chi connectivity index (χ4v) is 2.82. The van der Waals surface area contributed by atoms with Crippen LogP contribution in [0.25, 0.3) is 10.9 Å². The van der Waals surface area contributed by atoms with Gasteiger partial charge in [-0.05, 0) is 67.9 Å². The number of amidine groups is 1. The Morgan fingerprint density at radius 3 is 2.62 bits per heavy atom. The maximum atomic E-state index is 11.7. The van der Waals surface area contributed by atoms with E-state index in [-0.39, 0.29) is 11.8 Å². The van der Waals surface area contributed by atoms with E-state index in [1.165, 1.54) is 0 Å². The van der Waals surface area contributed by atoms with E-state index in [0.29, 0.717) is 18.7 Å². The summed E-state index contributed by atoms with van der Waals surface area (Å²) in [7, 11) is 0. The van der Waals surface area contributed by atoms with Gasteiger partial charge in [0.15, 0.2) is 0 Å². The molecule has 0 saturated heterocycles. The van der Waals surface area contributed by atoms with Crippen LogP contribution < -0.4 is 11.1 Å². The number of aromatic nitrogens is 1. The van der Waals surface area contributed by atoms with Crippen LogP contribution in [0.4, 0.5) is 5.69 Å². The van der Waals surface area contributed by atoms with E-state index in [0.717, 1.165) is 34.1 Å². The first-order valence-electron chi connectivity index (χ1n) is 8.55. The quantitative estimate of drug-likeness (QED) is 0.311. The number of benzene rings is 2. The minimum Gasteiger partial charge on any atom is -0.462 e. The van der Waals surface area contributed by atoms with E-state index in [1.807, 2.05) is 24.4 Å². The number of fused-ring (bicyclic) bond motifs is 1. The molecule has 0 spiro atoms.